The summed E-state index contributed by atoms with van der Waals surface area (Å²) in [4.78, 5) is 0. The second-order valence-electron chi connectivity index (χ2n) is 7.85. The molecule has 0 aromatic rings. The van der Waals surface area contributed by atoms with Crippen molar-refractivity contribution in [3.05, 3.63) is 0 Å². The third-order valence-electron chi connectivity index (χ3n) is 5.50. The zero-order valence-corrected chi connectivity index (χ0v) is 17.7. The minimum absolute atomic E-state index is 0.0381. The lowest BCUT2D eigenvalue weighted by molar-refractivity contribution is -0.137. The van der Waals surface area contributed by atoms with E-state index in [1.807, 2.05) is 0 Å². The van der Waals surface area contributed by atoms with Gasteiger partial charge in [-0.3, -0.25) is 0 Å². The highest BCUT2D eigenvalue weighted by atomic mass is 16.7. The van der Waals surface area contributed by atoms with E-state index in [1.54, 1.807) is 7.11 Å². The maximum atomic E-state index is 10.1. The van der Waals surface area contributed by atoms with Crippen molar-refractivity contribution in [1.29, 1.82) is 0 Å². The smallest absolute Gasteiger partial charge is 0.146 e. The maximum absolute atomic E-state index is 10.1. The van der Waals surface area contributed by atoms with Gasteiger partial charge in [-0.1, -0.05) is 71.1 Å². The van der Waals surface area contributed by atoms with Crippen LogP contribution in [0.1, 0.15) is 96.8 Å². The van der Waals surface area contributed by atoms with E-state index in [-0.39, 0.29) is 18.3 Å². The highest BCUT2D eigenvalue weighted by Gasteiger charge is 2.35. The summed E-state index contributed by atoms with van der Waals surface area (Å²) in [5.74, 6) is 2.51. The van der Waals surface area contributed by atoms with Crippen molar-refractivity contribution in [2.45, 2.75) is 121 Å². The minimum atomic E-state index is -0.569. The van der Waals surface area contributed by atoms with Crippen molar-refractivity contribution in [1.82, 2.24) is 0 Å². The highest BCUT2D eigenvalue weighted by Crippen LogP contribution is 2.29. The molecule has 1 aliphatic heterocycles. The Balaban J connectivity index is 2.18. The first-order valence-corrected chi connectivity index (χ1v) is 11.1. The van der Waals surface area contributed by atoms with Gasteiger partial charge in [-0.2, -0.15) is 0 Å². The predicted octanol–water partition coefficient (Wildman–Crippen LogP) is 5.22. The molecule has 0 amide bonds. The molecule has 0 spiro atoms. The minimum Gasteiger partial charge on any atom is -0.389 e. The van der Waals surface area contributed by atoms with Gasteiger partial charge in [0.05, 0.1) is 24.4 Å². The van der Waals surface area contributed by atoms with Crippen LogP contribution in [-0.4, -0.2) is 43.4 Å². The van der Waals surface area contributed by atoms with Gasteiger partial charge >= 0.3 is 0 Å². The zero-order chi connectivity index (χ0) is 19.7. The number of aliphatic hydroxyl groups is 1. The SMILES string of the molecule is C#CC[C@@H](O)[C@H]1CC[C@H]([C@@H](CCCCCCCCCCCC)OCOC)O1. The van der Waals surface area contributed by atoms with Crippen LogP contribution in [0.5, 0.6) is 0 Å². The van der Waals surface area contributed by atoms with Gasteiger partial charge in [-0.15, -0.1) is 12.3 Å². The Hall–Kier alpha value is -0.600. The third kappa shape index (κ3) is 11.1. The fourth-order valence-electron chi connectivity index (χ4n) is 3.86. The van der Waals surface area contributed by atoms with E-state index in [2.05, 4.69) is 12.8 Å². The van der Waals surface area contributed by atoms with Crippen LogP contribution in [0.3, 0.4) is 0 Å². The Morgan fingerprint density at radius 2 is 1.59 bits per heavy atom. The van der Waals surface area contributed by atoms with E-state index < -0.39 is 6.10 Å². The van der Waals surface area contributed by atoms with Crippen molar-refractivity contribution >= 4 is 0 Å². The van der Waals surface area contributed by atoms with Crippen molar-refractivity contribution < 1.29 is 19.3 Å². The standard InChI is InChI=1S/C23H42O4/c1-4-6-7-8-9-10-11-12-13-14-16-22(26-19-25-3)23-18-17-21(27-23)20(24)15-5-2/h2,20-24H,4,6-19H2,1,3H3/t20-,21-,22-,23-/m1/s1. The number of hydrogen-bond donors (Lipinski definition) is 1. The van der Waals surface area contributed by atoms with Gasteiger partial charge in [0.1, 0.15) is 6.79 Å². The molecule has 0 bridgehead atoms. The Bertz CT molecular complexity index is 379. The average molecular weight is 383 g/mol. The van der Waals surface area contributed by atoms with Crippen LogP contribution < -0.4 is 0 Å². The second-order valence-corrected chi connectivity index (χ2v) is 7.85. The summed E-state index contributed by atoms with van der Waals surface area (Å²) < 4.78 is 17.0. The quantitative estimate of drug-likeness (QED) is 0.213. The van der Waals surface area contributed by atoms with E-state index in [0.29, 0.717) is 13.2 Å². The normalized spacial score (nSPS) is 21.9. The van der Waals surface area contributed by atoms with Crippen LogP contribution in [-0.2, 0) is 14.2 Å². The summed E-state index contributed by atoms with van der Waals surface area (Å²) >= 11 is 0. The van der Waals surface area contributed by atoms with Gasteiger partial charge in [-0.25, -0.2) is 0 Å². The lowest BCUT2D eigenvalue weighted by Gasteiger charge is -2.25. The summed E-state index contributed by atoms with van der Waals surface area (Å²) in [6.45, 7) is 2.56. The first-order chi connectivity index (χ1) is 13.2. The molecule has 1 heterocycles. The summed E-state index contributed by atoms with van der Waals surface area (Å²) in [7, 11) is 1.65. The average Bonchev–Trinajstić information content (AvgIpc) is 3.16. The summed E-state index contributed by atoms with van der Waals surface area (Å²) in [5.41, 5.74) is 0. The number of rotatable bonds is 17. The molecule has 4 atom stereocenters. The van der Waals surface area contributed by atoms with Crippen LogP contribution in [0.25, 0.3) is 0 Å². The Labute approximate surface area is 167 Å². The van der Waals surface area contributed by atoms with Crippen molar-refractivity contribution in [3.63, 3.8) is 0 Å². The number of methoxy groups -OCH3 is 1. The molecule has 0 aliphatic carbocycles. The highest BCUT2D eigenvalue weighted by molar-refractivity contribution is 4.92. The molecule has 1 fully saturated rings. The number of hydrogen-bond acceptors (Lipinski definition) is 4. The van der Waals surface area contributed by atoms with E-state index in [1.165, 1.54) is 57.8 Å². The van der Waals surface area contributed by atoms with Gasteiger partial charge < -0.3 is 19.3 Å². The van der Waals surface area contributed by atoms with Gasteiger partial charge in [0, 0.05) is 13.5 Å². The van der Waals surface area contributed by atoms with Gasteiger partial charge in [0.25, 0.3) is 0 Å². The molecule has 4 nitrogen and oxygen atoms in total. The van der Waals surface area contributed by atoms with Gasteiger partial charge in [0.15, 0.2) is 0 Å². The molecule has 4 heteroatoms. The maximum Gasteiger partial charge on any atom is 0.146 e. The summed E-state index contributed by atoms with van der Waals surface area (Å²) in [6, 6.07) is 0. The third-order valence-corrected chi connectivity index (χ3v) is 5.50. The van der Waals surface area contributed by atoms with E-state index in [4.69, 9.17) is 20.6 Å². The van der Waals surface area contributed by atoms with Crippen LogP contribution in [0.15, 0.2) is 0 Å². The molecule has 0 unspecified atom stereocenters. The van der Waals surface area contributed by atoms with Crippen LogP contribution >= 0.6 is 0 Å². The number of aliphatic hydroxyl groups excluding tert-OH is 1. The van der Waals surface area contributed by atoms with Crippen LogP contribution in [0, 0.1) is 12.3 Å². The first kappa shape index (κ1) is 24.4. The number of unbranched alkanes of at least 4 members (excludes halogenated alkanes) is 9. The molecule has 1 aliphatic rings. The van der Waals surface area contributed by atoms with Crippen LogP contribution in [0.4, 0.5) is 0 Å². The predicted molar refractivity (Wildman–Crippen MR) is 111 cm³/mol. The summed E-state index contributed by atoms with van der Waals surface area (Å²) in [6.07, 6.45) is 21.0. The van der Waals surface area contributed by atoms with Gasteiger partial charge in [0.2, 0.25) is 0 Å². The molecular formula is C23H42O4. The van der Waals surface area contributed by atoms with E-state index in [9.17, 15) is 5.11 Å². The largest absolute Gasteiger partial charge is 0.389 e. The topological polar surface area (TPSA) is 47.9 Å². The fraction of sp³-hybridized carbons (Fsp3) is 0.913. The molecule has 1 N–H and O–H groups in total. The second kappa shape index (κ2) is 16.4. The van der Waals surface area contributed by atoms with E-state index in [0.717, 1.165) is 25.7 Å². The molecule has 1 rings (SSSR count). The molecule has 0 aromatic carbocycles. The lowest BCUT2D eigenvalue weighted by Crippen LogP contribution is -2.33. The Morgan fingerprint density at radius 1 is 1.00 bits per heavy atom. The zero-order valence-electron chi connectivity index (χ0n) is 17.7. The Kier molecular flexibility index (Phi) is 14.8. The van der Waals surface area contributed by atoms with E-state index >= 15 is 0 Å². The number of terminal acetylenes is 1. The molecule has 0 radical (unpaired) electrons. The number of ether oxygens (including phenoxy) is 3. The summed E-state index contributed by atoms with van der Waals surface area (Å²) in [5, 5.41) is 10.1. The monoisotopic (exact) mass is 382 g/mol. The molecule has 27 heavy (non-hydrogen) atoms. The van der Waals surface area contributed by atoms with Gasteiger partial charge in [-0.05, 0) is 19.3 Å². The molecule has 1 saturated heterocycles. The fourth-order valence-corrected chi connectivity index (χ4v) is 3.86. The van der Waals surface area contributed by atoms with Crippen LogP contribution in [0.2, 0.25) is 0 Å². The molecular weight excluding hydrogens is 340 g/mol. The molecule has 0 aromatic heterocycles. The van der Waals surface area contributed by atoms with Crippen molar-refractivity contribution in [2.75, 3.05) is 13.9 Å². The van der Waals surface area contributed by atoms with Crippen molar-refractivity contribution in [2.24, 2.45) is 0 Å². The molecule has 158 valence electrons. The lowest BCUT2D eigenvalue weighted by atomic mass is 10.0. The first-order valence-electron chi connectivity index (χ1n) is 11.1. The Morgan fingerprint density at radius 3 is 2.19 bits per heavy atom. The van der Waals surface area contributed by atoms with Crippen molar-refractivity contribution in [3.8, 4) is 12.3 Å². The molecule has 0 saturated carbocycles.